The minimum absolute atomic E-state index is 0.0885. The third kappa shape index (κ3) is 2.91. The van der Waals surface area contributed by atoms with E-state index in [4.69, 9.17) is 10.7 Å². The van der Waals surface area contributed by atoms with Crippen molar-refractivity contribution in [2.24, 2.45) is 5.72 Å². The molecule has 4 heteroatoms. The van der Waals surface area contributed by atoms with Gasteiger partial charge in [-0.25, -0.2) is 0 Å². The van der Waals surface area contributed by atoms with Crippen LogP contribution in [0.25, 0.3) is 1.43 Å². The quantitative estimate of drug-likeness (QED) is 0.592. The second-order valence-corrected chi connectivity index (χ2v) is 2.70. The minimum Gasteiger partial charge on any atom is -0.508 e. The average molecular weight is 186 g/mol. The van der Waals surface area contributed by atoms with Crippen molar-refractivity contribution in [3.05, 3.63) is 29.9 Å². The lowest BCUT2D eigenvalue weighted by molar-refractivity contribution is -0.138. The average Bonchev–Trinajstić information content (AvgIpc) is 2.26. The van der Waals surface area contributed by atoms with Crippen molar-refractivity contribution in [2.75, 3.05) is 0 Å². The standard InChI is InChI=1S/C9H12NO3/c10-8(9(12)13)5-6-1-3-7(11)4-2-6/h1,3-4,8,11H,2,5,10H2,(H,12,13)/t8-/m0/s1/i2D/hD3/t2?,8-. The molecule has 0 spiro atoms. The predicted molar refractivity (Wildman–Crippen MR) is 47.9 cm³/mol. The van der Waals surface area contributed by atoms with Crippen molar-refractivity contribution in [1.82, 2.24) is 0 Å². The summed E-state index contributed by atoms with van der Waals surface area (Å²) in [5, 5.41) is 13.0. The molecule has 1 rings (SSSR count). The molecule has 0 aromatic carbocycles. The molecule has 0 amide bonds. The lowest BCUT2D eigenvalue weighted by Gasteiger charge is -2.15. The van der Waals surface area contributed by atoms with Crippen molar-refractivity contribution in [2.45, 2.75) is 18.9 Å². The maximum Gasteiger partial charge on any atom is 0.320 e. The minimum atomic E-state index is -1.31. The Balaban J connectivity index is 2.67. The monoisotopic (exact) mass is 186 g/mol. The first kappa shape index (κ1) is 5.44. The van der Waals surface area contributed by atoms with Gasteiger partial charge < -0.3 is 15.9 Å². The Bertz CT molecular complexity index is 345. The molecule has 71 valence electrons. The molecule has 1 unspecified atom stereocenters. The maximum absolute atomic E-state index is 10.8. The molecule has 0 aliphatic heterocycles. The highest BCUT2D eigenvalue weighted by atomic mass is 16.4. The highest BCUT2D eigenvalue weighted by molar-refractivity contribution is 5.73. The van der Waals surface area contributed by atoms with Gasteiger partial charge in [-0.1, -0.05) is 6.08 Å². The number of allylic oxidation sites excluding steroid dienone is 3. The number of hydrogen-bond acceptors (Lipinski definition) is 3. The summed E-state index contributed by atoms with van der Waals surface area (Å²) in [5.74, 6) is -0.605. The normalized spacial score (nSPS) is 29.6. The van der Waals surface area contributed by atoms with Crippen molar-refractivity contribution in [1.29, 1.82) is 1.43 Å². The molecule has 1 radical (unpaired) electrons. The molecule has 0 heterocycles. The Morgan fingerprint density at radius 2 is 2.77 bits per heavy atom. The third-order valence-electron chi connectivity index (χ3n) is 1.64. The van der Waals surface area contributed by atoms with E-state index in [2.05, 4.69) is 5.11 Å². The lowest BCUT2D eigenvalue weighted by Crippen LogP contribution is -2.31. The van der Waals surface area contributed by atoms with E-state index in [1.807, 2.05) is 0 Å². The van der Waals surface area contributed by atoms with E-state index in [9.17, 15) is 4.79 Å². The first-order chi connectivity index (χ1) is 7.95. The van der Waals surface area contributed by atoms with E-state index in [1.165, 1.54) is 18.2 Å². The largest absolute Gasteiger partial charge is 0.508 e. The van der Waals surface area contributed by atoms with Crippen LogP contribution in [0.4, 0.5) is 0 Å². The molecule has 0 aromatic heterocycles. The van der Waals surface area contributed by atoms with E-state index < -0.39 is 18.4 Å². The van der Waals surface area contributed by atoms with Crippen molar-refractivity contribution in [3.63, 3.8) is 0 Å². The van der Waals surface area contributed by atoms with Crippen LogP contribution in [0.1, 0.15) is 14.2 Å². The molecule has 0 saturated heterocycles. The van der Waals surface area contributed by atoms with Crippen molar-refractivity contribution < 1.29 is 19.2 Å². The number of nitrogens with two attached hydrogens (primary N) is 1. The Morgan fingerprint density at radius 3 is 3.31 bits per heavy atom. The first-order valence-electron chi connectivity index (χ1n) is 5.64. The molecule has 4 N–H and O–H groups in total. The summed E-state index contributed by atoms with van der Waals surface area (Å²) in [6, 6.07) is -1.31. The summed E-state index contributed by atoms with van der Waals surface area (Å²) in [6.07, 6.45) is 3.39. The molecule has 13 heavy (non-hydrogen) atoms. The lowest BCUT2D eigenvalue weighted by atomic mass is 9.93. The zero-order valence-corrected chi connectivity index (χ0v) is 6.80. The fourth-order valence-corrected chi connectivity index (χ4v) is 0.936. The van der Waals surface area contributed by atoms with Crippen LogP contribution in [0.2, 0.25) is 2.82 Å². The summed E-state index contributed by atoms with van der Waals surface area (Å²) in [7, 11) is 0. The van der Waals surface area contributed by atoms with Gasteiger partial charge in [-0.2, -0.15) is 0 Å². The first-order valence-corrected chi connectivity index (χ1v) is 3.76. The molecule has 4 nitrogen and oxygen atoms in total. The predicted octanol–water partition coefficient (Wildman–Crippen LogP) is 0.765. The number of hydrogen-bond donors (Lipinski definition) is 3. The summed E-state index contributed by atoms with van der Waals surface area (Å²) in [6.45, 7) is 0. The fraction of sp³-hybridized carbons (Fsp3) is 0.333. The van der Waals surface area contributed by atoms with E-state index in [0.29, 0.717) is 5.92 Å². The number of carboxylic acids is 1. The second kappa shape index (κ2) is 4.09. The van der Waals surface area contributed by atoms with E-state index in [1.54, 1.807) is 0 Å². The molecule has 0 bridgehead atoms. The van der Waals surface area contributed by atoms with Crippen LogP contribution >= 0.6 is 0 Å². The number of rotatable bonds is 5. The topological polar surface area (TPSA) is 83.5 Å². The Kier molecular flexibility index (Phi) is 1.71. The van der Waals surface area contributed by atoms with Gasteiger partial charge in [0, 0.05) is 7.29 Å². The zero-order valence-electron chi connectivity index (χ0n) is 10.8. The number of carboxylic acid groups (broad SMARTS) is 1. The Labute approximate surface area is 82.2 Å². The molecular formula is C9H12NO3. The van der Waals surface area contributed by atoms with Crippen molar-refractivity contribution in [3.8, 4) is 0 Å². The van der Waals surface area contributed by atoms with Gasteiger partial charge in [0.05, 0.1) is 0 Å². The summed E-state index contributed by atoms with van der Waals surface area (Å²) in [4.78, 5) is 10.8. The van der Waals surface area contributed by atoms with Crippen LogP contribution in [0.3, 0.4) is 0 Å². The Morgan fingerprint density at radius 1 is 1.92 bits per heavy atom. The molecule has 0 saturated carbocycles. The van der Waals surface area contributed by atoms with Gasteiger partial charge in [-0.05, 0) is 25.0 Å². The van der Waals surface area contributed by atoms with Gasteiger partial charge >= 0.3 is 5.97 Å². The van der Waals surface area contributed by atoms with E-state index in [0.717, 1.165) is 0 Å². The molecule has 2 atom stereocenters. The van der Waals surface area contributed by atoms with Gasteiger partial charge in [-0.3, -0.25) is 4.79 Å². The van der Waals surface area contributed by atoms with Crippen LogP contribution in [-0.2, 0) is 4.79 Å². The summed E-state index contributed by atoms with van der Waals surface area (Å²) in [5.41, 5.74) is 0.107. The smallest absolute Gasteiger partial charge is 0.320 e. The molecule has 1 aliphatic rings. The van der Waals surface area contributed by atoms with Crippen LogP contribution in [0.5, 0.6) is 0 Å². The van der Waals surface area contributed by atoms with Gasteiger partial charge in [0.1, 0.15) is 14.6 Å². The molecular weight excluding hydrogens is 170 g/mol. The summed E-state index contributed by atoms with van der Waals surface area (Å²) >= 11 is 0. The molecule has 0 aromatic rings. The number of aliphatic hydroxyl groups is 1. The number of aliphatic hydroxyl groups excluding tert-OH is 1. The number of carbonyl (C=O) groups is 1. The van der Waals surface area contributed by atoms with Crippen LogP contribution < -0.4 is 5.72 Å². The molecule has 1 aliphatic carbocycles. The van der Waals surface area contributed by atoms with Crippen LogP contribution in [0, 0.1) is 5.92 Å². The Hall–Kier alpha value is -1.29. The van der Waals surface area contributed by atoms with Gasteiger partial charge in [0.2, 0.25) is 0 Å². The fourth-order valence-electron chi connectivity index (χ4n) is 0.936. The van der Waals surface area contributed by atoms with Crippen LogP contribution in [-0.4, -0.2) is 22.2 Å². The molecule has 0 fully saturated rings. The van der Waals surface area contributed by atoms with Crippen molar-refractivity contribution >= 4 is 5.97 Å². The summed E-state index contributed by atoms with van der Waals surface area (Å²) < 4.78 is 28.3. The van der Waals surface area contributed by atoms with Gasteiger partial charge in [-0.15, -0.1) is 0 Å². The highest BCUT2D eigenvalue weighted by Crippen LogP contribution is 2.21. The van der Waals surface area contributed by atoms with Crippen LogP contribution in [0.15, 0.2) is 24.0 Å². The highest BCUT2D eigenvalue weighted by Gasteiger charge is 2.18. The zero-order chi connectivity index (χ0) is 13.0. The SMILES string of the molecule is [2H]OC1=CC([2H])[C](C[C@@H](C(=O)O)N([2H])[2H])C=C1. The van der Waals surface area contributed by atoms with E-state index >= 15 is 0 Å². The third-order valence-corrected chi connectivity index (χ3v) is 1.64. The number of aliphatic carboxylic acids is 1. The van der Waals surface area contributed by atoms with Gasteiger partial charge in [0.15, 0.2) is 0 Å². The van der Waals surface area contributed by atoms with E-state index in [-0.39, 0.29) is 17.9 Å². The maximum atomic E-state index is 10.8. The second-order valence-electron chi connectivity index (χ2n) is 2.70. The van der Waals surface area contributed by atoms with Gasteiger partial charge in [0.25, 0.3) is 1.43 Å².